The molecular formula is C28H32N6O2. The number of benzene rings is 1. The minimum absolute atomic E-state index is 0.123. The van der Waals surface area contributed by atoms with Crippen LogP contribution in [0.3, 0.4) is 0 Å². The summed E-state index contributed by atoms with van der Waals surface area (Å²) in [4.78, 5) is 30.4. The number of ether oxygens (including phenoxy) is 1. The molecule has 1 amide bonds. The van der Waals surface area contributed by atoms with Crippen molar-refractivity contribution in [3.8, 4) is 17.0 Å². The van der Waals surface area contributed by atoms with Gasteiger partial charge in [0.25, 0.3) is 5.91 Å². The Kier molecular flexibility index (Phi) is 7.43. The molecule has 1 atom stereocenters. The number of aryl methyl sites for hydroxylation is 1. The molecular weight excluding hydrogens is 452 g/mol. The van der Waals surface area contributed by atoms with Gasteiger partial charge in [-0.15, -0.1) is 0 Å². The van der Waals surface area contributed by atoms with E-state index in [1.165, 1.54) is 0 Å². The van der Waals surface area contributed by atoms with Crippen LogP contribution in [0.15, 0.2) is 55.1 Å². The molecule has 0 fully saturated rings. The van der Waals surface area contributed by atoms with Gasteiger partial charge in [0, 0.05) is 48.4 Å². The first-order valence-electron chi connectivity index (χ1n) is 12.2. The van der Waals surface area contributed by atoms with E-state index in [0.717, 1.165) is 51.4 Å². The number of rotatable bonds is 9. The summed E-state index contributed by atoms with van der Waals surface area (Å²) in [5, 5.41) is 7.06. The minimum Gasteiger partial charge on any atom is -0.492 e. The Hall–Kier alpha value is -4.07. The lowest BCUT2D eigenvalue weighted by atomic mass is 9.78. The summed E-state index contributed by atoms with van der Waals surface area (Å²) in [6, 6.07) is 11.7. The third-order valence-electron chi connectivity index (χ3n) is 6.64. The van der Waals surface area contributed by atoms with E-state index in [1.807, 2.05) is 38.1 Å². The molecule has 3 heterocycles. The van der Waals surface area contributed by atoms with E-state index >= 15 is 0 Å². The molecule has 0 aliphatic heterocycles. The van der Waals surface area contributed by atoms with Crippen LogP contribution in [0.4, 0.5) is 5.82 Å². The maximum absolute atomic E-state index is 12.4. The Morgan fingerprint density at radius 3 is 2.67 bits per heavy atom. The highest BCUT2D eigenvalue weighted by Crippen LogP contribution is 2.34. The van der Waals surface area contributed by atoms with Crippen LogP contribution in [-0.4, -0.2) is 46.0 Å². The molecule has 1 aromatic carbocycles. The fourth-order valence-electron chi connectivity index (χ4n) is 4.26. The zero-order chi connectivity index (χ0) is 25.7. The molecule has 0 bridgehead atoms. The monoisotopic (exact) mass is 484 g/mol. The summed E-state index contributed by atoms with van der Waals surface area (Å²) in [5.74, 6) is 1.35. The molecule has 186 valence electrons. The molecule has 0 aliphatic carbocycles. The molecule has 8 nitrogen and oxygen atoms in total. The smallest absolute Gasteiger partial charge is 0.251 e. The number of aromatic nitrogens is 4. The van der Waals surface area contributed by atoms with Gasteiger partial charge in [0.15, 0.2) is 0 Å². The van der Waals surface area contributed by atoms with Crippen molar-refractivity contribution in [1.82, 2.24) is 25.3 Å². The van der Waals surface area contributed by atoms with Crippen molar-refractivity contribution in [3.05, 3.63) is 71.9 Å². The molecule has 0 unspecified atom stereocenters. The number of hydrogen-bond acceptors (Lipinski definition) is 7. The molecule has 8 heteroatoms. The normalized spacial score (nSPS) is 12.7. The van der Waals surface area contributed by atoms with Gasteiger partial charge < -0.3 is 15.4 Å². The lowest BCUT2D eigenvalue weighted by Gasteiger charge is -2.30. The fraction of sp³-hybridized carbons (Fsp3) is 0.321. The lowest BCUT2D eigenvalue weighted by molar-refractivity contribution is 0.0964. The van der Waals surface area contributed by atoms with Crippen LogP contribution in [0.1, 0.15) is 48.8 Å². The summed E-state index contributed by atoms with van der Waals surface area (Å²) in [6.07, 6.45) is 5.91. The second kappa shape index (κ2) is 10.7. The highest BCUT2D eigenvalue weighted by Gasteiger charge is 2.28. The van der Waals surface area contributed by atoms with Crippen molar-refractivity contribution in [2.75, 3.05) is 25.5 Å². The van der Waals surface area contributed by atoms with Crippen LogP contribution >= 0.6 is 0 Å². The standard InChI is InChI=1S/C28H32N6O2/c1-6-28(4,22-10-8-9-20-21(27(35)29-5)11-12-30-26(20)22)16-32-25-14-23(33-17-34-25)19-13-24(36-7-2)18(3)31-15-19/h8-15,17H,6-7,16H2,1-5H3,(H,29,35)(H,32,33,34)/t28-/m1/s1. The Labute approximate surface area is 211 Å². The van der Waals surface area contributed by atoms with Crippen LogP contribution < -0.4 is 15.4 Å². The first-order chi connectivity index (χ1) is 17.4. The molecule has 3 aromatic heterocycles. The van der Waals surface area contributed by atoms with Gasteiger partial charge in [-0.1, -0.05) is 32.0 Å². The maximum Gasteiger partial charge on any atom is 0.251 e. The molecule has 4 rings (SSSR count). The van der Waals surface area contributed by atoms with E-state index in [1.54, 1.807) is 31.8 Å². The van der Waals surface area contributed by atoms with Crippen LogP contribution in [-0.2, 0) is 5.41 Å². The van der Waals surface area contributed by atoms with Gasteiger partial charge in [-0.05, 0) is 38.0 Å². The van der Waals surface area contributed by atoms with E-state index in [-0.39, 0.29) is 11.3 Å². The summed E-state index contributed by atoms with van der Waals surface area (Å²) >= 11 is 0. The van der Waals surface area contributed by atoms with Gasteiger partial charge in [-0.3, -0.25) is 14.8 Å². The zero-order valence-electron chi connectivity index (χ0n) is 21.4. The number of nitrogens with one attached hydrogen (secondary N) is 2. The van der Waals surface area contributed by atoms with Crippen molar-refractivity contribution in [1.29, 1.82) is 0 Å². The average Bonchev–Trinajstić information content (AvgIpc) is 2.92. The Bertz CT molecular complexity index is 1390. The average molecular weight is 485 g/mol. The van der Waals surface area contributed by atoms with Gasteiger partial charge in [0.05, 0.1) is 29.1 Å². The number of anilines is 1. The molecule has 0 spiro atoms. The SMILES string of the molecule is CCOc1cc(-c2cc(NC[C@@](C)(CC)c3cccc4c(C(=O)NC)ccnc34)ncn2)cnc1C. The van der Waals surface area contributed by atoms with Gasteiger partial charge in [0.1, 0.15) is 17.9 Å². The predicted molar refractivity (Wildman–Crippen MR) is 142 cm³/mol. The van der Waals surface area contributed by atoms with Crippen molar-refractivity contribution in [3.63, 3.8) is 0 Å². The Morgan fingerprint density at radius 2 is 1.92 bits per heavy atom. The minimum atomic E-state index is -0.257. The van der Waals surface area contributed by atoms with Crippen LogP contribution in [0.25, 0.3) is 22.2 Å². The van der Waals surface area contributed by atoms with E-state index < -0.39 is 0 Å². The lowest BCUT2D eigenvalue weighted by Crippen LogP contribution is -2.31. The van der Waals surface area contributed by atoms with Crippen molar-refractivity contribution in [2.24, 2.45) is 0 Å². The number of pyridine rings is 2. The largest absolute Gasteiger partial charge is 0.492 e. The number of nitrogens with zero attached hydrogens (tertiary/aromatic N) is 4. The van der Waals surface area contributed by atoms with Crippen molar-refractivity contribution < 1.29 is 9.53 Å². The topological polar surface area (TPSA) is 102 Å². The number of para-hydroxylation sites is 1. The molecule has 0 saturated carbocycles. The molecule has 4 aromatic rings. The molecule has 0 radical (unpaired) electrons. The van der Waals surface area contributed by atoms with Crippen LogP contribution in [0.5, 0.6) is 5.75 Å². The zero-order valence-corrected chi connectivity index (χ0v) is 21.4. The highest BCUT2D eigenvalue weighted by molar-refractivity contribution is 6.06. The second-order valence-electron chi connectivity index (χ2n) is 8.94. The molecule has 2 N–H and O–H groups in total. The third-order valence-corrected chi connectivity index (χ3v) is 6.64. The number of amides is 1. The first-order valence-corrected chi connectivity index (χ1v) is 12.2. The van der Waals surface area contributed by atoms with E-state index in [2.05, 4.69) is 50.5 Å². The first kappa shape index (κ1) is 25.0. The van der Waals surface area contributed by atoms with Gasteiger partial charge >= 0.3 is 0 Å². The predicted octanol–water partition coefficient (Wildman–Crippen LogP) is 4.93. The number of fused-ring (bicyclic) bond motifs is 1. The Balaban J connectivity index is 1.63. The van der Waals surface area contributed by atoms with E-state index in [0.29, 0.717) is 18.7 Å². The summed E-state index contributed by atoms with van der Waals surface area (Å²) < 4.78 is 5.70. The van der Waals surface area contributed by atoms with E-state index in [9.17, 15) is 4.79 Å². The quantitative estimate of drug-likeness (QED) is 0.347. The van der Waals surface area contributed by atoms with Crippen molar-refractivity contribution in [2.45, 2.75) is 39.5 Å². The maximum atomic E-state index is 12.4. The van der Waals surface area contributed by atoms with Gasteiger partial charge in [-0.25, -0.2) is 9.97 Å². The summed E-state index contributed by atoms with van der Waals surface area (Å²) in [5.41, 5.74) is 4.76. The fourth-order valence-corrected chi connectivity index (χ4v) is 4.26. The highest BCUT2D eigenvalue weighted by atomic mass is 16.5. The molecule has 36 heavy (non-hydrogen) atoms. The number of carbonyl (C=O) groups is 1. The third kappa shape index (κ3) is 4.98. The number of carbonyl (C=O) groups excluding carboxylic acids is 1. The molecule has 0 saturated heterocycles. The van der Waals surface area contributed by atoms with Crippen LogP contribution in [0.2, 0.25) is 0 Å². The van der Waals surface area contributed by atoms with Crippen molar-refractivity contribution >= 4 is 22.6 Å². The Morgan fingerprint density at radius 1 is 1.08 bits per heavy atom. The second-order valence-corrected chi connectivity index (χ2v) is 8.94. The summed E-state index contributed by atoms with van der Waals surface area (Å²) in [7, 11) is 1.64. The van der Waals surface area contributed by atoms with Crippen LogP contribution in [0, 0.1) is 6.92 Å². The summed E-state index contributed by atoms with van der Waals surface area (Å²) in [6.45, 7) is 9.43. The van der Waals surface area contributed by atoms with Gasteiger partial charge in [-0.2, -0.15) is 0 Å². The number of hydrogen-bond donors (Lipinski definition) is 2. The van der Waals surface area contributed by atoms with Gasteiger partial charge in [0.2, 0.25) is 0 Å². The van der Waals surface area contributed by atoms with E-state index in [4.69, 9.17) is 4.74 Å². The molecule has 0 aliphatic rings.